The Labute approximate surface area is 282 Å². The number of ether oxygens (including phenoxy) is 2. The van der Waals surface area contributed by atoms with E-state index < -0.39 is 65.5 Å². The van der Waals surface area contributed by atoms with E-state index in [9.17, 15) is 52.7 Å². The minimum atomic E-state index is -5.39. The molecule has 270 valence electrons. The van der Waals surface area contributed by atoms with Gasteiger partial charge < -0.3 is 9.47 Å². The molecule has 0 saturated heterocycles. The van der Waals surface area contributed by atoms with Crippen molar-refractivity contribution < 1.29 is 62.2 Å². The lowest BCUT2D eigenvalue weighted by Crippen LogP contribution is -2.29. The predicted molar refractivity (Wildman–Crippen MR) is 172 cm³/mol. The lowest BCUT2D eigenvalue weighted by atomic mass is 9.90. The Balaban J connectivity index is 2.37. The van der Waals surface area contributed by atoms with Crippen molar-refractivity contribution in [1.29, 1.82) is 0 Å². The fourth-order valence-electron chi connectivity index (χ4n) is 5.48. The third-order valence-electron chi connectivity index (χ3n) is 7.64. The molecule has 16 heteroatoms. The van der Waals surface area contributed by atoms with Crippen molar-refractivity contribution in [3.8, 4) is 22.6 Å². The second kappa shape index (κ2) is 13.9. The fourth-order valence-corrected chi connectivity index (χ4v) is 8.77. The van der Waals surface area contributed by atoms with E-state index in [-0.39, 0.29) is 40.4 Å². The van der Waals surface area contributed by atoms with Crippen LogP contribution in [0.15, 0.2) is 60.7 Å². The predicted octanol–water partition coefficient (Wildman–Crippen LogP) is 10.1. The number of benzene rings is 4. The molecule has 0 saturated carbocycles. The average molecular weight is 759 g/mol. The Morgan fingerprint density at radius 1 is 0.560 bits per heavy atom. The average Bonchev–Trinajstić information content (AvgIpc) is 2.98. The minimum Gasteiger partial charge on any atom is -0.496 e. The molecule has 50 heavy (non-hydrogen) atoms. The molecule has 0 fully saturated rings. The maximum atomic E-state index is 14.2. The molecule has 0 bridgehead atoms. The molecule has 0 radical (unpaired) electrons. The summed E-state index contributed by atoms with van der Waals surface area (Å²) in [5, 5.41) is -1.50. The van der Waals surface area contributed by atoms with Crippen LogP contribution in [-0.2, 0) is 24.7 Å². The van der Waals surface area contributed by atoms with Gasteiger partial charge in [0.05, 0.1) is 36.5 Å². The van der Waals surface area contributed by atoms with Crippen molar-refractivity contribution in [1.82, 2.24) is 0 Å². The first-order valence-electron chi connectivity index (χ1n) is 14.4. The highest BCUT2D eigenvalue weighted by molar-refractivity contribution is 7.80. The SMILES string of the molecule is COc1ccc(OC)c(P(c2cc(C(F)(F)F)cc(C(F)(F)F)c2)c2cc(C(F)(F)F)cc(C(F)(F)F)c2)c1-c1c(P)cc(C)cc1C(C)C. The maximum Gasteiger partial charge on any atom is 0.416 e. The van der Waals surface area contributed by atoms with Crippen LogP contribution in [0, 0.1) is 6.92 Å². The third kappa shape index (κ3) is 8.17. The van der Waals surface area contributed by atoms with Crippen LogP contribution in [0.5, 0.6) is 11.5 Å². The van der Waals surface area contributed by atoms with Gasteiger partial charge in [0.25, 0.3) is 0 Å². The molecular formula is C34H28F12O2P2. The summed E-state index contributed by atoms with van der Waals surface area (Å²) in [6, 6.07) is 6.92. The molecule has 0 aliphatic rings. The standard InChI is InChI=1S/C34H28F12O2P2/c1-16(2)24-8-17(3)9-27(49)28(24)29-25(47-4)6-7-26(48-5)30(29)50(22-12-18(31(35,36)37)10-19(13-22)32(38,39)40)23-14-20(33(41,42)43)11-21(15-23)34(44,45)46/h6-16H,49H2,1-5H3. The molecule has 1 unspecified atom stereocenters. The van der Waals surface area contributed by atoms with Gasteiger partial charge in [-0.25, -0.2) is 0 Å². The van der Waals surface area contributed by atoms with Gasteiger partial charge in [-0.1, -0.05) is 31.5 Å². The molecule has 4 aromatic rings. The van der Waals surface area contributed by atoms with Crippen LogP contribution >= 0.6 is 17.2 Å². The molecule has 0 N–H and O–H groups in total. The normalized spacial score (nSPS) is 13.0. The monoisotopic (exact) mass is 758 g/mol. The Hall–Kier alpha value is -3.50. The van der Waals surface area contributed by atoms with E-state index in [0.29, 0.717) is 40.7 Å². The second-order valence-corrected chi connectivity index (χ2v) is 14.3. The summed E-state index contributed by atoms with van der Waals surface area (Å²) in [4.78, 5) is 0. The van der Waals surface area contributed by atoms with Gasteiger partial charge in [-0.2, -0.15) is 52.7 Å². The van der Waals surface area contributed by atoms with Crippen LogP contribution in [0.1, 0.15) is 53.1 Å². The number of rotatable bonds is 7. The molecule has 0 spiro atoms. The van der Waals surface area contributed by atoms with Gasteiger partial charge in [-0.3, -0.25) is 0 Å². The van der Waals surface area contributed by atoms with Crippen molar-refractivity contribution in [2.24, 2.45) is 0 Å². The summed E-state index contributed by atoms with van der Waals surface area (Å²) in [7, 11) is 1.62. The van der Waals surface area contributed by atoms with Gasteiger partial charge >= 0.3 is 24.7 Å². The zero-order chi connectivity index (χ0) is 37.7. The zero-order valence-electron chi connectivity index (χ0n) is 26.7. The van der Waals surface area contributed by atoms with Crippen LogP contribution in [0.4, 0.5) is 52.7 Å². The molecule has 0 aromatic heterocycles. The smallest absolute Gasteiger partial charge is 0.416 e. The van der Waals surface area contributed by atoms with Crippen LogP contribution < -0.4 is 30.7 Å². The van der Waals surface area contributed by atoms with Crippen LogP contribution in [0.2, 0.25) is 0 Å². The number of halogens is 12. The summed E-state index contributed by atoms with van der Waals surface area (Å²) in [6.45, 7) is 5.35. The Morgan fingerprint density at radius 2 is 0.940 bits per heavy atom. The minimum absolute atomic E-state index is 0.00334. The van der Waals surface area contributed by atoms with Gasteiger partial charge in [0.1, 0.15) is 11.5 Å². The lowest BCUT2D eigenvalue weighted by molar-refractivity contribution is -0.144. The Morgan fingerprint density at radius 3 is 1.28 bits per heavy atom. The van der Waals surface area contributed by atoms with Gasteiger partial charge in [-0.05, 0) is 96.3 Å². The number of aryl methyl sites for hydroxylation is 1. The molecule has 4 rings (SSSR count). The summed E-state index contributed by atoms with van der Waals surface area (Å²) in [5.41, 5.74) is -5.57. The lowest BCUT2D eigenvalue weighted by Gasteiger charge is -2.30. The van der Waals surface area contributed by atoms with E-state index in [1.807, 2.05) is 0 Å². The quantitative estimate of drug-likeness (QED) is 0.138. The van der Waals surface area contributed by atoms with E-state index in [4.69, 9.17) is 9.47 Å². The molecule has 0 aliphatic carbocycles. The number of methoxy groups -OCH3 is 2. The third-order valence-corrected chi connectivity index (χ3v) is 10.5. The first-order valence-corrected chi connectivity index (χ1v) is 16.3. The zero-order valence-corrected chi connectivity index (χ0v) is 28.8. The highest BCUT2D eigenvalue weighted by atomic mass is 31.1. The fraction of sp³-hybridized carbons (Fsp3) is 0.294. The summed E-state index contributed by atoms with van der Waals surface area (Å²) in [6.07, 6.45) is -21.6. The molecule has 1 atom stereocenters. The van der Waals surface area contributed by atoms with Crippen molar-refractivity contribution in [2.45, 2.75) is 51.4 Å². The van der Waals surface area contributed by atoms with Crippen molar-refractivity contribution in [3.63, 3.8) is 0 Å². The number of alkyl halides is 12. The van der Waals surface area contributed by atoms with Crippen molar-refractivity contribution in [3.05, 3.63) is 94.0 Å². The van der Waals surface area contributed by atoms with E-state index >= 15 is 0 Å². The van der Waals surface area contributed by atoms with E-state index in [1.165, 1.54) is 19.2 Å². The molecule has 4 aromatic carbocycles. The highest BCUT2D eigenvalue weighted by Gasteiger charge is 2.42. The molecular weight excluding hydrogens is 730 g/mol. The molecule has 0 aliphatic heterocycles. The highest BCUT2D eigenvalue weighted by Crippen LogP contribution is 2.49. The Kier molecular flexibility index (Phi) is 10.9. The largest absolute Gasteiger partial charge is 0.496 e. The van der Waals surface area contributed by atoms with Crippen molar-refractivity contribution >= 4 is 38.4 Å². The van der Waals surface area contributed by atoms with E-state index in [1.54, 1.807) is 32.9 Å². The van der Waals surface area contributed by atoms with Crippen LogP contribution in [0.25, 0.3) is 11.1 Å². The first kappa shape index (κ1) is 39.3. The van der Waals surface area contributed by atoms with Crippen LogP contribution in [-0.4, -0.2) is 14.2 Å². The van der Waals surface area contributed by atoms with E-state index in [2.05, 4.69) is 9.24 Å². The van der Waals surface area contributed by atoms with Gasteiger partial charge in [0.15, 0.2) is 0 Å². The number of hydrogen-bond donors (Lipinski definition) is 0. The summed E-state index contributed by atoms with van der Waals surface area (Å²) >= 11 is 0. The van der Waals surface area contributed by atoms with Gasteiger partial charge in [-0.15, -0.1) is 9.24 Å². The second-order valence-electron chi connectivity index (χ2n) is 11.5. The van der Waals surface area contributed by atoms with Crippen LogP contribution in [0.3, 0.4) is 0 Å². The maximum absolute atomic E-state index is 14.2. The van der Waals surface area contributed by atoms with Gasteiger partial charge in [0.2, 0.25) is 0 Å². The topological polar surface area (TPSA) is 18.5 Å². The first-order chi connectivity index (χ1) is 22.9. The molecule has 0 heterocycles. The number of hydrogen-bond acceptors (Lipinski definition) is 2. The molecule has 2 nitrogen and oxygen atoms in total. The summed E-state index contributed by atoms with van der Waals surface area (Å²) < 4.78 is 181. The van der Waals surface area contributed by atoms with E-state index in [0.717, 1.165) is 12.7 Å². The Bertz CT molecular complexity index is 1750. The summed E-state index contributed by atoms with van der Waals surface area (Å²) in [5.74, 6) is -0.535. The molecule has 0 amide bonds. The van der Waals surface area contributed by atoms with Crippen molar-refractivity contribution in [2.75, 3.05) is 14.2 Å². The van der Waals surface area contributed by atoms with Gasteiger partial charge in [0, 0.05) is 10.9 Å².